The van der Waals surface area contributed by atoms with Crippen molar-refractivity contribution in [3.05, 3.63) is 23.5 Å². The standard InChI is InChI=1S/C12H18N2O2/c1-4-12(16)7-14(8-12)11(15)10-6-5-9(2)13(10)3/h5-6,16H,4,7-8H2,1-3H3. The van der Waals surface area contributed by atoms with Crippen molar-refractivity contribution in [3.63, 3.8) is 0 Å². The van der Waals surface area contributed by atoms with Gasteiger partial charge in [-0.05, 0) is 25.5 Å². The second-order valence-corrected chi connectivity index (χ2v) is 4.66. The summed E-state index contributed by atoms with van der Waals surface area (Å²) in [6.45, 7) is 4.81. The van der Waals surface area contributed by atoms with Crippen LogP contribution in [0.2, 0.25) is 0 Å². The minimum absolute atomic E-state index is 0.00808. The van der Waals surface area contributed by atoms with Crippen LogP contribution >= 0.6 is 0 Å². The van der Waals surface area contributed by atoms with Gasteiger partial charge >= 0.3 is 0 Å². The fourth-order valence-corrected chi connectivity index (χ4v) is 2.02. The Labute approximate surface area is 95.5 Å². The molecular formula is C12H18N2O2. The fraction of sp³-hybridized carbons (Fsp3) is 0.583. The molecule has 16 heavy (non-hydrogen) atoms. The molecule has 1 aliphatic heterocycles. The van der Waals surface area contributed by atoms with Crippen LogP contribution < -0.4 is 0 Å². The third-order valence-electron chi connectivity index (χ3n) is 3.51. The number of nitrogens with zero attached hydrogens (tertiary/aromatic N) is 2. The number of aromatic nitrogens is 1. The van der Waals surface area contributed by atoms with Gasteiger partial charge in [0.2, 0.25) is 0 Å². The van der Waals surface area contributed by atoms with E-state index in [0.717, 1.165) is 5.69 Å². The first-order chi connectivity index (χ1) is 7.47. The molecule has 4 nitrogen and oxygen atoms in total. The Morgan fingerprint density at radius 3 is 2.56 bits per heavy atom. The van der Waals surface area contributed by atoms with E-state index in [4.69, 9.17) is 0 Å². The monoisotopic (exact) mass is 222 g/mol. The SMILES string of the molecule is CCC1(O)CN(C(=O)c2ccc(C)n2C)C1. The van der Waals surface area contributed by atoms with Gasteiger partial charge in [0.05, 0.1) is 18.7 Å². The van der Waals surface area contributed by atoms with Gasteiger partial charge in [0, 0.05) is 12.7 Å². The number of hydrogen-bond donors (Lipinski definition) is 1. The van der Waals surface area contributed by atoms with Crippen LogP contribution in [0.1, 0.15) is 29.5 Å². The highest BCUT2D eigenvalue weighted by atomic mass is 16.3. The molecule has 1 fully saturated rings. The molecule has 1 amide bonds. The molecule has 88 valence electrons. The number of rotatable bonds is 2. The molecule has 0 saturated carbocycles. The summed E-state index contributed by atoms with van der Waals surface area (Å²) in [5.41, 5.74) is 1.10. The first-order valence-electron chi connectivity index (χ1n) is 5.61. The number of likely N-dealkylation sites (tertiary alicyclic amines) is 1. The highest BCUT2D eigenvalue weighted by Crippen LogP contribution is 2.25. The Morgan fingerprint density at radius 1 is 1.50 bits per heavy atom. The predicted octanol–water partition coefficient (Wildman–Crippen LogP) is 0.930. The molecule has 0 atom stereocenters. The maximum Gasteiger partial charge on any atom is 0.270 e. The van der Waals surface area contributed by atoms with Gasteiger partial charge in [-0.2, -0.15) is 0 Å². The Morgan fingerprint density at radius 2 is 2.12 bits per heavy atom. The number of aryl methyl sites for hydroxylation is 1. The van der Waals surface area contributed by atoms with Gasteiger partial charge in [0.25, 0.3) is 5.91 Å². The topological polar surface area (TPSA) is 45.5 Å². The van der Waals surface area contributed by atoms with Crippen molar-refractivity contribution >= 4 is 5.91 Å². The zero-order valence-electron chi connectivity index (χ0n) is 10.0. The van der Waals surface area contributed by atoms with Crippen molar-refractivity contribution in [1.29, 1.82) is 0 Å². The molecule has 0 aliphatic carbocycles. The molecule has 2 heterocycles. The Balaban J connectivity index is 2.09. The van der Waals surface area contributed by atoms with Crippen LogP contribution in [-0.2, 0) is 7.05 Å². The molecule has 1 aromatic rings. The zero-order valence-corrected chi connectivity index (χ0v) is 10.0. The summed E-state index contributed by atoms with van der Waals surface area (Å²) in [6.07, 6.45) is 0.697. The molecule has 0 radical (unpaired) electrons. The molecule has 4 heteroatoms. The third-order valence-corrected chi connectivity index (χ3v) is 3.51. The molecular weight excluding hydrogens is 204 g/mol. The molecule has 1 aromatic heterocycles. The number of amides is 1. The molecule has 1 N–H and O–H groups in total. The van der Waals surface area contributed by atoms with Crippen molar-refractivity contribution in [2.45, 2.75) is 25.9 Å². The van der Waals surface area contributed by atoms with E-state index in [0.29, 0.717) is 25.2 Å². The summed E-state index contributed by atoms with van der Waals surface area (Å²) >= 11 is 0. The highest BCUT2D eigenvalue weighted by Gasteiger charge is 2.42. The number of β-amino-alcohol motifs (C(OH)–C–C–N with tert-alkyl or cyclic N) is 1. The Kier molecular flexibility index (Phi) is 2.54. The summed E-state index contributed by atoms with van der Waals surface area (Å²) in [7, 11) is 1.88. The van der Waals surface area contributed by atoms with Crippen molar-refractivity contribution in [3.8, 4) is 0 Å². The van der Waals surface area contributed by atoms with Gasteiger partial charge in [0.15, 0.2) is 0 Å². The largest absolute Gasteiger partial charge is 0.386 e. The van der Waals surface area contributed by atoms with Gasteiger partial charge in [-0.25, -0.2) is 0 Å². The molecule has 1 saturated heterocycles. The van der Waals surface area contributed by atoms with Crippen molar-refractivity contribution in [1.82, 2.24) is 9.47 Å². The molecule has 0 spiro atoms. The van der Waals surface area contributed by atoms with E-state index in [1.54, 1.807) is 4.90 Å². The minimum atomic E-state index is -0.657. The summed E-state index contributed by atoms with van der Waals surface area (Å²) in [6, 6.07) is 3.76. The lowest BCUT2D eigenvalue weighted by molar-refractivity contribution is -0.0829. The molecule has 1 aliphatic rings. The maximum absolute atomic E-state index is 12.1. The summed E-state index contributed by atoms with van der Waals surface area (Å²) < 4.78 is 1.88. The fourth-order valence-electron chi connectivity index (χ4n) is 2.02. The van der Waals surface area contributed by atoms with Crippen LogP contribution in [-0.4, -0.2) is 39.2 Å². The van der Waals surface area contributed by atoms with E-state index >= 15 is 0 Å². The van der Waals surface area contributed by atoms with E-state index in [1.165, 1.54) is 0 Å². The summed E-state index contributed by atoms with van der Waals surface area (Å²) in [5, 5.41) is 9.86. The average Bonchev–Trinajstić information content (AvgIpc) is 2.54. The third kappa shape index (κ3) is 1.63. The highest BCUT2D eigenvalue weighted by molar-refractivity contribution is 5.93. The average molecular weight is 222 g/mol. The lowest BCUT2D eigenvalue weighted by Gasteiger charge is -2.46. The lowest BCUT2D eigenvalue weighted by atomic mass is 9.91. The normalized spacial score (nSPS) is 18.4. The van der Waals surface area contributed by atoms with E-state index < -0.39 is 5.60 Å². The van der Waals surface area contributed by atoms with Gasteiger partial charge in [-0.1, -0.05) is 6.92 Å². The zero-order chi connectivity index (χ0) is 11.9. The lowest BCUT2D eigenvalue weighted by Crippen LogP contribution is -2.63. The van der Waals surface area contributed by atoms with Crippen molar-refractivity contribution in [2.75, 3.05) is 13.1 Å². The van der Waals surface area contributed by atoms with E-state index in [1.807, 2.05) is 37.6 Å². The predicted molar refractivity (Wildman–Crippen MR) is 61.3 cm³/mol. The number of aliphatic hydroxyl groups is 1. The summed E-state index contributed by atoms with van der Waals surface area (Å²) in [4.78, 5) is 13.8. The second-order valence-electron chi connectivity index (χ2n) is 4.66. The quantitative estimate of drug-likeness (QED) is 0.809. The molecule has 2 rings (SSSR count). The van der Waals surface area contributed by atoms with Crippen molar-refractivity contribution < 1.29 is 9.90 Å². The van der Waals surface area contributed by atoms with Gasteiger partial charge < -0.3 is 14.6 Å². The minimum Gasteiger partial charge on any atom is -0.386 e. The van der Waals surface area contributed by atoms with Crippen molar-refractivity contribution in [2.24, 2.45) is 7.05 Å². The Bertz CT molecular complexity index is 417. The van der Waals surface area contributed by atoms with E-state index in [-0.39, 0.29) is 5.91 Å². The van der Waals surface area contributed by atoms with Gasteiger partial charge in [-0.3, -0.25) is 4.79 Å². The Hall–Kier alpha value is -1.29. The summed E-state index contributed by atoms with van der Waals surface area (Å²) in [5.74, 6) is 0.00808. The van der Waals surface area contributed by atoms with Gasteiger partial charge in [0.1, 0.15) is 5.69 Å². The number of carbonyl (C=O) groups excluding carboxylic acids is 1. The first kappa shape index (κ1) is 11.2. The van der Waals surface area contributed by atoms with Crippen LogP contribution in [0.25, 0.3) is 0 Å². The first-order valence-corrected chi connectivity index (χ1v) is 5.61. The van der Waals surface area contributed by atoms with Gasteiger partial charge in [-0.15, -0.1) is 0 Å². The molecule has 0 bridgehead atoms. The van der Waals surface area contributed by atoms with E-state index in [9.17, 15) is 9.90 Å². The van der Waals surface area contributed by atoms with Crippen LogP contribution in [0, 0.1) is 6.92 Å². The van der Waals surface area contributed by atoms with Crippen LogP contribution in [0.4, 0.5) is 0 Å². The second kappa shape index (κ2) is 3.63. The maximum atomic E-state index is 12.1. The van der Waals surface area contributed by atoms with E-state index in [2.05, 4.69) is 0 Å². The molecule has 0 aromatic carbocycles. The van der Waals surface area contributed by atoms with Crippen LogP contribution in [0.3, 0.4) is 0 Å². The van der Waals surface area contributed by atoms with Crippen LogP contribution in [0.15, 0.2) is 12.1 Å². The number of carbonyl (C=O) groups is 1. The molecule has 0 unspecified atom stereocenters. The number of hydrogen-bond acceptors (Lipinski definition) is 2. The van der Waals surface area contributed by atoms with Crippen LogP contribution in [0.5, 0.6) is 0 Å². The smallest absolute Gasteiger partial charge is 0.270 e.